The van der Waals surface area contributed by atoms with E-state index in [1.165, 1.54) is 12.1 Å². The average molecular weight is 718 g/mol. The van der Waals surface area contributed by atoms with Gasteiger partial charge in [-0.15, -0.1) is 0 Å². The molecule has 278 valence electrons. The number of ether oxygens (including phenoxy) is 1. The van der Waals surface area contributed by atoms with E-state index in [0.29, 0.717) is 56.5 Å². The molecule has 12 nitrogen and oxygen atoms in total. The number of aliphatic hydroxyl groups excluding tert-OH is 1. The summed E-state index contributed by atoms with van der Waals surface area (Å²) in [5.41, 5.74) is 2.40. The molecule has 2 heterocycles. The van der Waals surface area contributed by atoms with Crippen LogP contribution in [-0.4, -0.2) is 107 Å². The van der Waals surface area contributed by atoms with E-state index in [-0.39, 0.29) is 66.9 Å². The molecule has 2 atom stereocenters. The number of alkyl halides is 3. The van der Waals surface area contributed by atoms with Gasteiger partial charge in [-0.2, -0.15) is 13.2 Å². The van der Waals surface area contributed by atoms with Gasteiger partial charge in [0.1, 0.15) is 11.9 Å². The van der Waals surface area contributed by atoms with Crippen molar-refractivity contribution in [1.29, 1.82) is 0 Å². The third-order valence-corrected chi connectivity index (χ3v) is 8.92. The Morgan fingerprint density at radius 2 is 1.82 bits per heavy atom. The van der Waals surface area contributed by atoms with Gasteiger partial charge in [-0.3, -0.25) is 14.4 Å². The third kappa shape index (κ3) is 12.1. The Morgan fingerprint density at radius 3 is 2.55 bits per heavy atom. The molecule has 2 amide bonds. The first-order chi connectivity index (χ1) is 24.2. The van der Waals surface area contributed by atoms with Crippen molar-refractivity contribution >= 4 is 28.7 Å². The minimum absolute atomic E-state index is 0.00277. The predicted octanol–water partition coefficient (Wildman–Crippen LogP) is 2.96. The maximum absolute atomic E-state index is 12.6. The zero-order valence-corrected chi connectivity index (χ0v) is 28.8. The highest BCUT2D eigenvalue weighted by atomic mass is 19.4. The number of carbonyl (C=O) groups excluding carboxylic acids is 3. The van der Waals surface area contributed by atoms with Gasteiger partial charge < -0.3 is 40.4 Å². The molecule has 0 saturated carbocycles. The van der Waals surface area contributed by atoms with Crippen LogP contribution >= 0.6 is 0 Å². The van der Waals surface area contributed by atoms with Crippen molar-refractivity contribution in [2.75, 3.05) is 46.3 Å². The molecule has 1 fully saturated rings. The Bertz CT molecular complexity index is 1710. The molecule has 1 aromatic heterocycles. The molecule has 0 bridgehead atoms. The zero-order valence-electron chi connectivity index (χ0n) is 28.8. The van der Waals surface area contributed by atoms with Crippen molar-refractivity contribution in [2.45, 2.75) is 69.9 Å². The molecule has 2 aromatic carbocycles. The number of nitrogens with one attached hydrogen (secondary N) is 3. The number of aromatic amines is 1. The van der Waals surface area contributed by atoms with Crippen molar-refractivity contribution < 1.29 is 42.5 Å². The van der Waals surface area contributed by atoms with E-state index in [4.69, 9.17) is 0 Å². The Hall–Kier alpha value is -4.47. The summed E-state index contributed by atoms with van der Waals surface area (Å²) in [5, 5.41) is 27.8. The highest BCUT2D eigenvalue weighted by molar-refractivity contribution is 5.87. The van der Waals surface area contributed by atoms with Crippen LogP contribution in [0.15, 0.2) is 53.3 Å². The summed E-state index contributed by atoms with van der Waals surface area (Å²) in [4.78, 5) is 54.1. The Morgan fingerprint density at radius 1 is 1.10 bits per heavy atom. The highest BCUT2D eigenvalue weighted by Crippen LogP contribution is 2.28. The van der Waals surface area contributed by atoms with E-state index in [1.54, 1.807) is 24.1 Å². The molecule has 51 heavy (non-hydrogen) atoms. The standard InChI is InChI=1S/C36H46F3N5O7/c1-23(41-22-30(46)27-7-9-29(45)34-28(27)8-10-31(47)42-34)19-24-5-3-6-25(20-24)21-32(48)40-14-4-15-43(2)33(49)13-18-44-16-11-26(12-17-44)51-35(50)36(37,38)39/h3,5-10,20,23,26,30,41,45-46H,4,11-19,21-22H2,1-2H3,(H,40,48)(H,42,47)/t23-,30-/m0/s1. The van der Waals surface area contributed by atoms with Crippen LogP contribution in [-0.2, 0) is 32.0 Å². The SMILES string of the molecule is C[C@@H](Cc1cccc(CC(=O)NCCCN(C)C(=O)CCN2CCC(OC(=O)C(F)(F)F)CC2)c1)NC[C@H](O)c1ccc(O)c2[nH]c(=O)ccc12. The number of likely N-dealkylation sites (tertiary alicyclic amines) is 1. The Labute approximate surface area is 294 Å². The lowest BCUT2D eigenvalue weighted by molar-refractivity contribution is -0.206. The molecule has 1 aliphatic heterocycles. The van der Waals surface area contributed by atoms with Gasteiger partial charge in [-0.1, -0.05) is 30.3 Å². The van der Waals surface area contributed by atoms with Crippen molar-refractivity contribution in [3.8, 4) is 5.75 Å². The monoisotopic (exact) mass is 717 g/mol. The minimum Gasteiger partial charge on any atom is -0.506 e. The number of aliphatic hydroxyl groups is 1. The fourth-order valence-electron chi connectivity index (χ4n) is 6.09. The number of benzene rings is 2. The summed E-state index contributed by atoms with van der Waals surface area (Å²) in [5.74, 6) is -2.45. The van der Waals surface area contributed by atoms with E-state index in [1.807, 2.05) is 36.1 Å². The minimum atomic E-state index is -5.00. The number of aromatic nitrogens is 1. The molecular formula is C36H46F3N5O7. The van der Waals surface area contributed by atoms with Crippen LogP contribution in [0.1, 0.15) is 55.4 Å². The van der Waals surface area contributed by atoms with Crippen LogP contribution in [0, 0.1) is 0 Å². The quantitative estimate of drug-likeness (QED) is 0.111. The summed E-state index contributed by atoms with van der Waals surface area (Å²) in [6.45, 7) is 4.42. The van der Waals surface area contributed by atoms with Gasteiger partial charge in [0.2, 0.25) is 17.4 Å². The summed E-state index contributed by atoms with van der Waals surface area (Å²) < 4.78 is 41.7. The number of halogens is 3. The molecule has 3 aromatic rings. The van der Waals surface area contributed by atoms with Gasteiger partial charge in [0.25, 0.3) is 0 Å². The third-order valence-electron chi connectivity index (χ3n) is 8.92. The van der Waals surface area contributed by atoms with Crippen LogP contribution in [0.25, 0.3) is 10.9 Å². The largest absolute Gasteiger partial charge is 0.506 e. The van der Waals surface area contributed by atoms with Crippen molar-refractivity contribution in [1.82, 2.24) is 25.4 Å². The fraction of sp³-hybridized carbons (Fsp3) is 0.500. The van der Waals surface area contributed by atoms with E-state index >= 15 is 0 Å². The fourth-order valence-corrected chi connectivity index (χ4v) is 6.09. The number of amides is 2. The molecule has 4 rings (SSSR count). The van der Waals surface area contributed by atoms with Gasteiger partial charge in [0.15, 0.2) is 0 Å². The molecule has 1 saturated heterocycles. The lowest BCUT2D eigenvalue weighted by atomic mass is 10.0. The molecule has 0 radical (unpaired) electrons. The molecule has 0 spiro atoms. The van der Waals surface area contributed by atoms with Gasteiger partial charge in [0.05, 0.1) is 18.0 Å². The van der Waals surface area contributed by atoms with Crippen molar-refractivity contribution in [3.05, 3.63) is 75.6 Å². The number of esters is 1. The van der Waals surface area contributed by atoms with Gasteiger partial charge >= 0.3 is 12.1 Å². The number of H-pyrrole nitrogens is 1. The summed E-state index contributed by atoms with van der Waals surface area (Å²) in [7, 11) is 1.69. The number of pyridine rings is 1. The normalized spacial score (nSPS) is 15.3. The van der Waals surface area contributed by atoms with E-state index in [9.17, 15) is 42.6 Å². The maximum Gasteiger partial charge on any atom is 0.490 e. The van der Waals surface area contributed by atoms with Crippen LogP contribution < -0.4 is 16.2 Å². The number of carbonyl (C=O) groups is 3. The second kappa shape index (κ2) is 18.1. The number of aromatic hydroxyl groups is 1. The second-order valence-corrected chi connectivity index (χ2v) is 13.0. The topological polar surface area (TPSA) is 164 Å². The highest BCUT2D eigenvalue weighted by Gasteiger charge is 2.42. The van der Waals surface area contributed by atoms with E-state index in [2.05, 4.69) is 20.4 Å². The first-order valence-electron chi connectivity index (χ1n) is 17.0. The van der Waals surface area contributed by atoms with E-state index < -0.39 is 24.4 Å². The maximum atomic E-state index is 12.6. The number of hydrogen-bond donors (Lipinski definition) is 5. The molecule has 5 N–H and O–H groups in total. The summed E-state index contributed by atoms with van der Waals surface area (Å²) in [6, 6.07) is 13.7. The van der Waals surface area contributed by atoms with Crippen molar-refractivity contribution in [3.63, 3.8) is 0 Å². The van der Waals surface area contributed by atoms with Crippen LogP contribution in [0.2, 0.25) is 0 Å². The smallest absolute Gasteiger partial charge is 0.490 e. The lowest BCUT2D eigenvalue weighted by Gasteiger charge is -2.31. The van der Waals surface area contributed by atoms with Crippen LogP contribution in [0.3, 0.4) is 0 Å². The second-order valence-electron chi connectivity index (χ2n) is 13.0. The predicted molar refractivity (Wildman–Crippen MR) is 184 cm³/mol. The number of phenols is 1. The zero-order chi connectivity index (χ0) is 37.1. The molecule has 0 unspecified atom stereocenters. The van der Waals surface area contributed by atoms with Gasteiger partial charge in [0, 0.05) is 70.2 Å². The number of nitrogens with zero attached hydrogens (tertiary/aromatic N) is 2. The summed E-state index contributed by atoms with van der Waals surface area (Å²) >= 11 is 0. The number of piperidine rings is 1. The Kier molecular flexibility index (Phi) is 14.0. The van der Waals surface area contributed by atoms with Crippen LogP contribution in [0.4, 0.5) is 13.2 Å². The average Bonchev–Trinajstić information content (AvgIpc) is 3.08. The number of phenolic OH excluding ortho intramolecular Hbond substituents is 1. The number of rotatable bonds is 16. The molecular weight excluding hydrogens is 671 g/mol. The molecule has 0 aliphatic carbocycles. The summed E-state index contributed by atoms with van der Waals surface area (Å²) in [6.07, 6.45) is -4.42. The van der Waals surface area contributed by atoms with Crippen LogP contribution in [0.5, 0.6) is 5.75 Å². The lowest BCUT2D eigenvalue weighted by Crippen LogP contribution is -2.41. The molecule has 1 aliphatic rings. The van der Waals surface area contributed by atoms with Gasteiger partial charge in [-0.05, 0) is 61.4 Å². The van der Waals surface area contributed by atoms with E-state index in [0.717, 1.165) is 11.1 Å². The number of hydrogen-bond acceptors (Lipinski definition) is 9. The first-order valence-corrected chi connectivity index (χ1v) is 17.0. The van der Waals surface area contributed by atoms with Crippen molar-refractivity contribution in [2.24, 2.45) is 0 Å². The number of fused-ring (bicyclic) bond motifs is 1. The first kappa shape index (κ1) is 39.3. The Balaban J connectivity index is 1.11. The van der Waals surface area contributed by atoms with Gasteiger partial charge in [-0.25, -0.2) is 4.79 Å². The molecule has 15 heteroatoms.